The number of aliphatic hydroxyl groups is 1. The lowest BCUT2D eigenvalue weighted by Crippen LogP contribution is -2.24. The van der Waals surface area contributed by atoms with E-state index in [1.807, 2.05) is 26.0 Å². The van der Waals surface area contributed by atoms with Crippen LogP contribution in [0.3, 0.4) is 0 Å². The molecule has 0 amide bonds. The summed E-state index contributed by atoms with van der Waals surface area (Å²) in [6.45, 7) is 3.84. The summed E-state index contributed by atoms with van der Waals surface area (Å²) in [5, 5.41) is 23.0. The SMILES string of the molecule is COC(=O)CCC/C=C\CC1=C[C@@H](O)CC1=NOC(CC(C)C)C(=O)O. The van der Waals surface area contributed by atoms with Gasteiger partial charge in [-0.15, -0.1) is 0 Å². The molecule has 0 aromatic carbocycles. The van der Waals surface area contributed by atoms with E-state index in [2.05, 4.69) is 9.89 Å². The fourth-order valence-corrected chi connectivity index (χ4v) is 2.54. The van der Waals surface area contributed by atoms with Crippen molar-refractivity contribution < 1.29 is 29.4 Å². The van der Waals surface area contributed by atoms with Crippen LogP contribution in [0.2, 0.25) is 0 Å². The predicted octanol–water partition coefficient (Wildman–Crippen LogP) is 2.84. The molecule has 26 heavy (non-hydrogen) atoms. The number of nitrogens with zero attached hydrogens (tertiary/aromatic N) is 1. The first-order valence-electron chi connectivity index (χ1n) is 8.89. The fourth-order valence-electron chi connectivity index (χ4n) is 2.54. The van der Waals surface area contributed by atoms with Gasteiger partial charge in [0.1, 0.15) is 0 Å². The molecule has 0 fully saturated rings. The first-order valence-corrected chi connectivity index (χ1v) is 8.89. The van der Waals surface area contributed by atoms with Crippen molar-refractivity contribution in [3.63, 3.8) is 0 Å². The Morgan fingerprint density at radius 1 is 1.38 bits per heavy atom. The van der Waals surface area contributed by atoms with Crippen LogP contribution in [0, 0.1) is 5.92 Å². The molecule has 0 aromatic rings. The average Bonchev–Trinajstić information content (AvgIpc) is 2.93. The molecule has 1 aliphatic carbocycles. The molecule has 0 saturated carbocycles. The van der Waals surface area contributed by atoms with Crippen molar-refractivity contribution in [1.29, 1.82) is 0 Å². The minimum Gasteiger partial charge on any atom is -0.478 e. The number of hydrogen-bond acceptors (Lipinski definition) is 6. The van der Waals surface area contributed by atoms with E-state index >= 15 is 0 Å². The maximum atomic E-state index is 11.2. The number of methoxy groups -OCH3 is 1. The van der Waals surface area contributed by atoms with Gasteiger partial charge in [-0.05, 0) is 30.8 Å². The Labute approximate surface area is 154 Å². The quantitative estimate of drug-likeness (QED) is 0.252. The standard InChI is InChI=1S/C19H29NO6/c1-13(2)10-17(19(23)24)26-20-16-12-15(21)11-14(16)8-6-4-5-7-9-18(22)25-3/h4,6,11,13,15,17,21H,5,7-10,12H2,1-3H3,(H,23,24)/b6-4-,20-16?/t15-,17?/m1/s1. The van der Waals surface area contributed by atoms with Crippen molar-refractivity contribution in [1.82, 2.24) is 0 Å². The van der Waals surface area contributed by atoms with Gasteiger partial charge in [0.25, 0.3) is 0 Å². The molecule has 0 spiro atoms. The largest absolute Gasteiger partial charge is 0.478 e. The van der Waals surface area contributed by atoms with Gasteiger partial charge in [0, 0.05) is 19.3 Å². The maximum Gasteiger partial charge on any atom is 0.347 e. The maximum absolute atomic E-state index is 11.2. The van der Waals surface area contributed by atoms with Crippen LogP contribution >= 0.6 is 0 Å². The Hall–Kier alpha value is -2.15. The molecule has 0 radical (unpaired) electrons. The number of rotatable bonds is 11. The number of ether oxygens (including phenoxy) is 1. The Bertz CT molecular complexity index is 564. The summed E-state index contributed by atoms with van der Waals surface area (Å²) in [5.74, 6) is -1.09. The fraction of sp³-hybridized carbons (Fsp3) is 0.632. The number of hydrogen-bond donors (Lipinski definition) is 2. The molecule has 1 unspecified atom stereocenters. The van der Waals surface area contributed by atoms with Gasteiger partial charge >= 0.3 is 11.9 Å². The third-order valence-electron chi connectivity index (χ3n) is 3.90. The van der Waals surface area contributed by atoms with Gasteiger partial charge in [-0.25, -0.2) is 4.79 Å². The Kier molecular flexibility index (Phi) is 9.65. The lowest BCUT2D eigenvalue weighted by atomic mass is 10.1. The first-order chi connectivity index (χ1) is 12.3. The molecule has 7 heteroatoms. The minimum atomic E-state index is -1.04. The molecular weight excluding hydrogens is 338 g/mol. The van der Waals surface area contributed by atoms with Gasteiger partial charge < -0.3 is 19.8 Å². The van der Waals surface area contributed by atoms with Crippen LogP contribution in [0.25, 0.3) is 0 Å². The molecule has 1 rings (SSSR count). The smallest absolute Gasteiger partial charge is 0.347 e. The summed E-state index contributed by atoms with van der Waals surface area (Å²) < 4.78 is 4.58. The van der Waals surface area contributed by atoms with Gasteiger partial charge in [-0.3, -0.25) is 4.79 Å². The zero-order valence-corrected chi connectivity index (χ0v) is 15.7. The second kappa shape index (κ2) is 11.5. The molecule has 0 heterocycles. The number of aliphatic hydroxyl groups excluding tert-OH is 1. The topological polar surface area (TPSA) is 105 Å². The molecule has 146 valence electrons. The predicted molar refractivity (Wildman–Crippen MR) is 97.7 cm³/mol. The van der Waals surface area contributed by atoms with Crippen LogP contribution in [0.15, 0.2) is 29.0 Å². The van der Waals surface area contributed by atoms with Crippen molar-refractivity contribution in [3.05, 3.63) is 23.8 Å². The second-order valence-corrected chi connectivity index (χ2v) is 6.71. The van der Waals surface area contributed by atoms with Gasteiger partial charge in [0.05, 0.1) is 18.9 Å². The summed E-state index contributed by atoms with van der Waals surface area (Å²) in [5.41, 5.74) is 1.40. The van der Waals surface area contributed by atoms with Crippen molar-refractivity contribution in [2.45, 2.75) is 64.6 Å². The highest BCUT2D eigenvalue weighted by molar-refractivity contribution is 6.02. The zero-order valence-electron chi connectivity index (χ0n) is 15.7. The van der Waals surface area contributed by atoms with Crippen molar-refractivity contribution in [3.8, 4) is 0 Å². The molecule has 2 N–H and O–H groups in total. The number of carbonyl (C=O) groups excluding carboxylic acids is 1. The molecule has 2 atom stereocenters. The number of oxime groups is 1. The minimum absolute atomic E-state index is 0.174. The lowest BCUT2D eigenvalue weighted by molar-refractivity contribution is -0.151. The average molecular weight is 367 g/mol. The van der Waals surface area contributed by atoms with Crippen molar-refractivity contribution in [2.24, 2.45) is 11.1 Å². The number of esters is 1. The third-order valence-corrected chi connectivity index (χ3v) is 3.90. The normalized spacial score (nSPS) is 19.8. The van der Waals surface area contributed by atoms with Gasteiger partial charge in [0.15, 0.2) is 0 Å². The molecule has 1 aliphatic rings. The van der Waals surface area contributed by atoms with E-state index in [-0.39, 0.29) is 11.9 Å². The lowest BCUT2D eigenvalue weighted by Gasteiger charge is -2.13. The Morgan fingerprint density at radius 2 is 2.12 bits per heavy atom. The highest BCUT2D eigenvalue weighted by Gasteiger charge is 2.24. The Balaban J connectivity index is 2.54. The zero-order chi connectivity index (χ0) is 19.5. The van der Waals surface area contributed by atoms with E-state index in [0.29, 0.717) is 37.8 Å². The molecule has 7 nitrogen and oxygen atoms in total. The first kappa shape index (κ1) is 21.9. The molecule has 0 bridgehead atoms. The monoisotopic (exact) mass is 367 g/mol. The van der Waals surface area contributed by atoms with Crippen LogP contribution in [-0.4, -0.2) is 47.2 Å². The summed E-state index contributed by atoms with van der Waals surface area (Å²) in [7, 11) is 1.37. The van der Waals surface area contributed by atoms with Crippen molar-refractivity contribution >= 4 is 17.7 Å². The number of unbranched alkanes of at least 4 members (excludes halogenated alkanes) is 1. The van der Waals surface area contributed by atoms with E-state index < -0.39 is 18.2 Å². The Morgan fingerprint density at radius 3 is 2.73 bits per heavy atom. The van der Waals surface area contributed by atoms with Crippen LogP contribution in [0.4, 0.5) is 0 Å². The van der Waals surface area contributed by atoms with Gasteiger partial charge in [-0.1, -0.05) is 37.2 Å². The van der Waals surface area contributed by atoms with E-state index in [4.69, 9.17) is 4.84 Å². The van der Waals surface area contributed by atoms with E-state index in [9.17, 15) is 19.8 Å². The van der Waals surface area contributed by atoms with Crippen LogP contribution in [-0.2, 0) is 19.2 Å². The highest BCUT2D eigenvalue weighted by atomic mass is 16.6. The molecule has 0 saturated heterocycles. The van der Waals surface area contributed by atoms with Gasteiger partial charge in [-0.2, -0.15) is 0 Å². The summed E-state index contributed by atoms with van der Waals surface area (Å²) in [6, 6.07) is 0. The third kappa shape index (κ3) is 8.29. The second-order valence-electron chi connectivity index (χ2n) is 6.71. The number of carboxylic acids is 1. The number of aliphatic carboxylic acids is 1. The number of carbonyl (C=O) groups is 2. The molecule has 0 aromatic heterocycles. The summed E-state index contributed by atoms with van der Waals surface area (Å²) in [6.07, 6.45) is 7.10. The highest BCUT2D eigenvalue weighted by Crippen LogP contribution is 2.21. The van der Waals surface area contributed by atoms with Crippen LogP contribution < -0.4 is 0 Å². The number of allylic oxidation sites excluding steroid dienone is 3. The summed E-state index contributed by atoms with van der Waals surface area (Å²) in [4.78, 5) is 27.5. The summed E-state index contributed by atoms with van der Waals surface area (Å²) >= 11 is 0. The van der Waals surface area contributed by atoms with Gasteiger partial charge in [0.2, 0.25) is 6.10 Å². The molecule has 0 aliphatic heterocycles. The number of carboxylic acid groups (broad SMARTS) is 1. The van der Waals surface area contributed by atoms with E-state index in [1.165, 1.54) is 7.11 Å². The van der Waals surface area contributed by atoms with Crippen LogP contribution in [0.5, 0.6) is 0 Å². The van der Waals surface area contributed by atoms with E-state index in [0.717, 1.165) is 12.0 Å². The van der Waals surface area contributed by atoms with Crippen LogP contribution in [0.1, 0.15) is 52.4 Å². The van der Waals surface area contributed by atoms with Crippen molar-refractivity contribution in [2.75, 3.05) is 7.11 Å². The molecular formula is C19H29NO6. The van der Waals surface area contributed by atoms with E-state index in [1.54, 1.807) is 6.08 Å².